The minimum Gasteiger partial charge on any atom is -0.379 e. The van der Waals surface area contributed by atoms with Crippen LogP contribution in [0, 0.1) is 0 Å². The van der Waals surface area contributed by atoms with Crippen LogP contribution in [0.1, 0.15) is 37.8 Å². The highest BCUT2D eigenvalue weighted by molar-refractivity contribution is 14.0. The lowest BCUT2D eigenvalue weighted by molar-refractivity contribution is 0.0729. The van der Waals surface area contributed by atoms with Gasteiger partial charge >= 0.3 is 0 Å². The fourth-order valence-corrected chi connectivity index (χ4v) is 4.42. The zero-order valence-electron chi connectivity index (χ0n) is 16.8. The van der Waals surface area contributed by atoms with E-state index in [1.807, 2.05) is 31.2 Å². The quantitative estimate of drug-likeness (QED) is 0.224. The van der Waals surface area contributed by atoms with Gasteiger partial charge in [-0.2, -0.15) is 4.31 Å². The summed E-state index contributed by atoms with van der Waals surface area (Å²) in [6.45, 7) is 8.04. The number of nitrogens with one attached hydrogen (secondary N) is 2. The Hall–Kier alpha value is -0.910. The van der Waals surface area contributed by atoms with Crippen molar-refractivity contribution < 1.29 is 13.2 Å². The molecule has 1 heterocycles. The zero-order chi connectivity index (χ0) is 19.5. The number of ether oxygens (including phenoxy) is 1. The molecule has 0 amide bonds. The van der Waals surface area contributed by atoms with Crippen LogP contribution in [0.25, 0.3) is 0 Å². The van der Waals surface area contributed by atoms with Crippen molar-refractivity contribution in [3.8, 4) is 0 Å². The lowest BCUT2D eigenvalue weighted by atomic mass is 10.1. The van der Waals surface area contributed by atoms with Gasteiger partial charge in [0.1, 0.15) is 0 Å². The molecule has 1 aromatic rings. The first-order valence-electron chi connectivity index (χ1n) is 9.71. The van der Waals surface area contributed by atoms with Crippen molar-refractivity contribution in [1.29, 1.82) is 0 Å². The molecule has 7 nitrogen and oxygen atoms in total. The first-order valence-corrected chi connectivity index (χ1v) is 11.3. The van der Waals surface area contributed by atoms with Crippen LogP contribution in [0.15, 0.2) is 29.3 Å². The highest BCUT2D eigenvalue weighted by Crippen LogP contribution is 2.17. The van der Waals surface area contributed by atoms with Gasteiger partial charge in [-0.05, 0) is 24.5 Å². The molecular formula is C19H33IN4O3S. The molecule has 0 saturated carbocycles. The van der Waals surface area contributed by atoms with Crippen LogP contribution in [-0.2, 0) is 27.1 Å². The van der Waals surface area contributed by atoms with E-state index in [1.54, 1.807) is 0 Å². The van der Waals surface area contributed by atoms with Gasteiger partial charge in [0, 0.05) is 26.2 Å². The molecule has 9 heteroatoms. The summed E-state index contributed by atoms with van der Waals surface area (Å²) >= 11 is 0. The molecule has 160 valence electrons. The minimum atomic E-state index is -3.35. The van der Waals surface area contributed by atoms with Crippen LogP contribution >= 0.6 is 24.0 Å². The van der Waals surface area contributed by atoms with E-state index in [1.165, 1.54) is 4.31 Å². The summed E-state index contributed by atoms with van der Waals surface area (Å²) in [5.41, 5.74) is 1.74. The molecule has 1 aromatic carbocycles. The summed E-state index contributed by atoms with van der Waals surface area (Å²) in [4.78, 5) is 4.62. The Kier molecular flexibility index (Phi) is 12.0. The molecule has 0 aromatic heterocycles. The molecule has 0 radical (unpaired) electrons. The Labute approximate surface area is 186 Å². The molecule has 0 bridgehead atoms. The normalized spacial score (nSPS) is 15.7. The second kappa shape index (κ2) is 13.3. The van der Waals surface area contributed by atoms with Gasteiger partial charge in [0.25, 0.3) is 0 Å². The van der Waals surface area contributed by atoms with Gasteiger partial charge in [-0.1, -0.05) is 37.6 Å². The molecule has 2 rings (SSSR count). The monoisotopic (exact) mass is 524 g/mol. The number of benzene rings is 1. The van der Waals surface area contributed by atoms with E-state index in [4.69, 9.17) is 4.74 Å². The molecule has 1 saturated heterocycles. The molecule has 1 aliphatic rings. The summed E-state index contributed by atoms with van der Waals surface area (Å²) in [6.07, 6.45) is 2.20. The second-order valence-corrected chi connectivity index (χ2v) is 8.48. The Balaban J connectivity index is 0.00000392. The molecular weight excluding hydrogens is 491 g/mol. The summed E-state index contributed by atoms with van der Waals surface area (Å²) in [5.74, 6) is 0.759. The van der Waals surface area contributed by atoms with Crippen molar-refractivity contribution in [2.24, 2.45) is 4.99 Å². The predicted molar refractivity (Wildman–Crippen MR) is 125 cm³/mol. The Morgan fingerprint density at radius 3 is 2.46 bits per heavy atom. The molecule has 0 atom stereocenters. The lowest BCUT2D eigenvalue weighted by Gasteiger charge is -2.26. The fraction of sp³-hybridized carbons (Fsp3) is 0.632. The van der Waals surface area contributed by atoms with Crippen molar-refractivity contribution >= 4 is 40.0 Å². The van der Waals surface area contributed by atoms with Crippen LogP contribution in [0.4, 0.5) is 0 Å². The average Bonchev–Trinajstić information content (AvgIpc) is 2.68. The fourth-order valence-electron chi connectivity index (χ4n) is 2.85. The standard InChI is InChI=1S/C19H32N4O3S.HI/c1-3-5-10-21-19(20-4-2)22-15-17-8-6-7-9-18(17)16-27(24,25)23-11-13-26-14-12-23;/h6-9H,3-5,10-16H2,1-2H3,(H2,20,21,22);1H. The number of morpholine rings is 1. The predicted octanol–water partition coefficient (Wildman–Crippen LogP) is 2.32. The average molecular weight is 524 g/mol. The molecule has 2 N–H and O–H groups in total. The number of hydrogen-bond acceptors (Lipinski definition) is 4. The number of guanidine groups is 1. The number of sulfonamides is 1. The third-order valence-corrected chi connectivity index (χ3v) is 6.22. The maximum atomic E-state index is 12.7. The van der Waals surface area contributed by atoms with E-state index in [0.717, 1.165) is 43.0 Å². The maximum Gasteiger partial charge on any atom is 0.218 e. The van der Waals surface area contributed by atoms with Gasteiger partial charge in [0.15, 0.2) is 5.96 Å². The van der Waals surface area contributed by atoms with E-state index in [9.17, 15) is 8.42 Å². The van der Waals surface area contributed by atoms with Gasteiger partial charge < -0.3 is 15.4 Å². The van der Waals surface area contributed by atoms with Gasteiger partial charge in [-0.15, -0.1) is 24.0 Å². The van der Waals surface area contributed by atoms with Gasteiger partial charge in [-0.3, -0.25) is 0 Å². The third-order valence-electron chi connectivity index (χ3n) is 4.39. The van der Waals surface area contributed by atoms with Crippen molar-refractivity contribution in [2.45, 2.75) is 39.0 Å². The first kappa shape index (κ1) is 25.1. The molecule has 1 aliphatic heterocycles. The molecule has 28 heavy (non-hydrogen) atoms. The van der Waals surface area contributed by atoms with E-state index >= 15 is 0 Å². The minimum absolute atomic E-state index is 0. The van der Waals surface area contributed by atoms with Crippen molar-refractivity contribution in [2.75, 3.05) is 39.4 Å². The van der Waals surface area contributed by atoms with Gasteiger partial charge in [0.05, 0.1) is 25.5 Å². The van der Waals surface area contributed by atoms with E-state index in [-0.39, 0.29) is 29.7 Å². The number of nitrogens with zero attached hydrogens (tertiary/aromatic N) is 2. The number of halogens is 1. The van der Waals surface area contributed by atoms with Crippen LogP contribution in [-0.4, -0.2) is 58.1 Å². The number of rotatable bonds is 9. The van der Waals surface area contributed by atoms with Gasteiger partial charge in [0.2, 0.25) is 10.0 Å². The summed E-state index contributed by atoms with van der Waals surface area (Å²) in [6, 6.07) is 7.62. The summed E-state index contributed by atoms with van der Waals surface area (Å²) < 4.78 is 32.2. The molecule has 0 spiro atoms. The van der Waals surface area contributed by atoms with Crippen molar-refractivity contribution in [1.82, 2.24) is 14.9 Å². The Morgan fingerprint density at radius 2 is 1.82 bits per heavy atom. The summed E-state index contributed by atoms with van der Waals surface area (Å²) in [7, 11) is -3.35. The lowest BCUT2D eigenvalue weighted by Crippen LogP contribution is -2.41. The SMILES string of the molecule is CCCCNC(=NCc1ccccc1CS(=O)(=O)N1CCOCC1)NCC.I. The first-order chi connectivity index (χ1) is 13.1. The number of hydrogen-bond donors (Lipinski definition) is 2. The second-order valence-electron chi connectivity index (χ2n) is 6.51. The van der Waals surface area contributed by atoms with Gasteiger partial charge in [-0.25, -0.2) is 13.4 Å². The molecule has 0 unspecified atom stereocenters. The van der Waals surface area contributed by atoms with Crippen LogP contribution in [0.2, 0.25) is 0 Å². The largest absolute Gasteiger partial charge is 0.379 e. The van der Waals surface area contributed by atoms with Crippen LogP contribution < -0.4 is 10.6 Å². The maximum absolute atomic E-state index is 12.7. The number of aliphatic imine (C=N–C) groups is 1. The summed E-state index contributed by atoms with van der Waals surface area (Å²) in [5, 5.41) is 6.54. The molecule has 1 fully saturated rings. The van der Waals surface area contributed by atoms with Crippen LogP contribution in [0.3, 0.4) is 0 Å². The topological polar surface area (TPSA) is 83.0 Å². The Morgan fingerprint density at radius 1 is 1.14 bits per heavy atom. The smallest absolute Gasteiger partial charge is 0.218 e. The third kappa shape index (κ3) is 8.22. The van der Waals surface area contributed by atoms with E-state index < -0.39 is 10.0 Å². The molecule has 0 aliphatic carbocycles. The van der Waals surface area contributed by atoms with Crippen molar-refractivity contribution in [3.63, 3.8) is 0 Å². The number of unbranched alkanes of at least 4 members (excludes halogenated alkanes) is 1. The van der Waals surface area contributed by atoms with E-state index in [2.05, 4.69) is 22.5 Å². The Bertz CT molecular complexity index is 707. The zero-order valence-corrected chi connectivity index (χ0v) is 20.0. The highest BCUT2D eigenvalue weighted by Gasteiger charge is 2.25. The van der Waals surface area contributed by atoms with E-state index in [0.29, 0.717) is 32.8 Å². The van der Waals surface area contributed by atoms with Crippen LogP contribution in [0.5, 0.6) is 0 Å². The highest BCUT2D eigenvalue weighted by atomic mass is 127. The van der Waals surface area contributed by atoms with Crippen molar-refractivity contribution in [3.05, 3.63) is 35.4 Å².